The van der Waals surface area contributed by atoms with Crippen LogP contribution in [0.15, 0.2) is 18.5 Å². The van der Waals surface area contributed by atoms with E-state index in [2.05, 4.69) is 15.5 Å². The highest BCUT2D eigenvalue weighted by Gasteiger charge is 2.19. The van der Waals surface area contributed by atoms with Crippen LogP contribution < -0.4 is 5.32 Å². The summed E-state index contributed by atoms with van der Waals surface area (Å²) in [6.45, 7) is 4.31. The third-order valence-corrected chi connectivity index (χ3v) is 3.32. The van der Waals surface area contributed by atoms with E-state index in [1.54, 1.807) is 15.6 Å². The number of nitrogens with one attached hydrogen (secondary N) is 1. The molecule has 7 heteroatoms. The summed E-state index contributed by atoms with van der Waals surface area (Å²) >= 11 is 5.84. The van der Waals surface area contributed by atoms with Crippen LogP contribution in [0.3, 0.4) is 0 Å². The maximum atomic E-state index is 12.2. The average molecular weight is 296 g/mol. The molecule has 0 aliphatic heterocycles. The van der Waals surface area contributed by atoms with Crippen molar-refractivity contribution in [2.24, 2.45) is 7.05 Å². The zero-order valence-corrected chi connectivity index (χ0v) is 12.6. The molecule has 2 rings (SSSR count). The van der Waals surface area contributed by atoms with Crippen molar-refractivity contribution in [2.75, 3.05) is 0 Å². The van der Waals surface area contributed by atoms with E-state index in [0.717, 1.165) is 11.4 Å². The molecule has 0 spiro atoms. The van der Waals surface area contributed by atoms with Gasteiger partial charge in [0.15, 0.2) is 0 Å². The molecule has 0 saturated carbocycles. The molecule has 2 aromatic heterocycles. The van der Waals surface area contributed by atoms with Gasteiger partial charge < -0.3 is 5.32 Å². The van der Waals surface area contributed by atoms with Crippen LogP contribution in [0.1, 0.15) is 30.8 Å². The summed E-state index contributed by atoms with van der Waals surface area (Å²) in [5.41, 5.74) is 1.90. The summed E-state index contributed by atoms with van der Waals surface area (Å²) in [6, 6.07) is 1.60. The molecule has 0 saturated heterocycles. The van der Waals surface area contributed by atoms with E-state index in [1.807, 2.05) is 27.0 Å². The van der Waals surface area contributed by atoms with Crippen LogP contribution in [0.4, 0.5) is 0 Å². The molecule has 6 nitrogen and oxygen atoms in total. The number of aryl methyl sites for hydroxylation is 2. The number of amides is 1. The lowest BCUT2D eigenvalue weighted by Crippen LogP contribution is -2.32. The minimum Gasteiger partial charge on any atom is -0.349 e. The van der Waals surface area contributed by atoms with Gasteiger partial charge in [-0.25, -0.2) is 0 Å². The Bertz CT molecular complexity index is 604. The lowest BCUT2D eigenvalue weighted by molar-refractivity contribution is -0.124. The third kappa shape index (κ3) is 3.19. The highest BCUT2D eigenvalue weighted by atomic mass is 35.5. The van der Waals surface area contributed by atoms with Crippen molar-refractivity contribution in [1.29, 1.82) is 0 Å². The molecule has 2 heterocycles. The molecule has 108 valence electrons. The van der Waals surface area contributed by atoms with Gasteiger partial charge in [0, 0.05) is 13.2 Å². The standard InChI is InChI=1S/C13H18ClN5O/c1-4-12(19-8-10(14)6-16-19)13(20)15-7-11-5-9(2)17-18(11)3/h5-6,8,12H,4,7H2,1-3H3,(H,15,20). The van der Waals surface area contributed by atoms with Crippen LogP contribution in [0.2, 0.25) is 5.02 Å². The molecule has 1 unspecified atom stereocenters. The number of hydrogen-bond donors (Lipinski definition) is 1. The first-order valence-electron chi connectivity index (χ1n) is 6.48. The summed E-state index contributed by atoms with van der Waals surface area (Å²) < 4.78 is 3.35. The van der Waals surface area contributed by atoms with Crippen LogP contribution in [-0.2, 0) is 18.4 Å². The first kappa shape index (κ1) is 14.6. The number of carbonyl (C=O) groups excluding carboxylic acids is 1. The average Bonchev–Trinajstić information content (AvgIpc) is 2.94. The van der Waals surface area contributed by atoms with Crippen molar-refractivity contribution in [3.63, 3.8) is 0 Å². The molecule has 0 aliphatic rings. The Labute approximate surface area is 122 Å². The summed E-state index contributed by atoms with van der Waals surface area (Å²) in [4.78, 5) is 12.2. The van der Waals surface area contributed by atoms with Crippen LogP contribution in [0.5, 0.6) is 0 Å². The lowest BCUT2D eigenvalue weighted by atomic mass is 10.2. The minimum absolute atomic E-state index is 0.0777. The lowest BCUT2D eigenvalue weighted by Gasteiger charge is -2.15. The van der Waals surface area contributed by atoms with Crippen LogP contribution in [-0.4, -0.2) is 25.5 Å². The predicted octanol–water partition coefficient (Wildman–Crippen LogP) is 1.85. The predicted molar refractivity (Wildman–Crippen MR) is 76.4 cm³/mol. The fourth-order valence-electron chi connectivity index (χ4n) is 2.10. The van der Waals surface area contributed by atoms with Crippen molar-refractivity contribution in [2.45, 2.75) is 32.9 Å². The van der Waals surface area contributed by atoms with Crippen molar-refractivity contribution in [3.05, 3.63) is 34.9 Å². The minimum atomic E-state index is -0.350. The highest BCUT2D eigenvalue weighted by Crippen LogP contribution is 2.14. The topological polar surface area (TPSA) is 64.7 Å². The van der Waals surface area contributed by atoms with Crippen molar-refractivity contribution in [1.82, 2.24) is 24.9 Å². The Morgan fingerprint density at radius 2 is 2.30 bits per heavy atom. The molecular formula is C13H18ClN5O. The fraction of sp³-hybridized carbons (Fsp3) is 0.462. The maximum absolute atomic E-state index is 12.2. The Morgan fingerprint density at radius 1 is 1.55 bits per heavy atom. The zero-order valence-electron chi connectivity index (χ0n) is 11.8. The number of rotatable bonds is 5. The van der Waals surface area contributed by atoms with Crippen LogP contribution >= 0.6 is 11.6 Å². The molecular weight excluding hydrogens is 278 g/mol. The van der Waals surface area contributed by atoms with Gasteiger partial charge in [0.2, 0.25) is 5.91 Å². The molecule has 0 bridgehead atoms. The number of hydrogen-bond acceptors (Lipinski definition) is 3. The van der Waals surface area contributed by atoms with Gasteiger partial charge in [-0.2, -0.15) is 10.2 Å². The summed E-state index contributed by atoms with van der Waals surface area (Å²) in [5.74, 6) is -0.0777. The Hall–Kier alpha value is -1.82. The Morgan fingerprint density at radius 3 is 2.80 bits per heavy atom. The van der Waals surface area contributed by atoms with Gasteiger partial charge >= 0.3 is 0 Å². The molecule has 0 radical (unpaired) electrons. The molecule has 0 aliphatic carbocycles. The first-order chi connectivity index (χ1) is 9.51. The summed E-state index contributed by atoms with van der Waals surface area (Å²) in [7, 11) is 1.86. The normalized spacial score (nSPS) is 12.4. The number of halogens is 1. The summed E-state index contributed by atoms with van der Waals surface area (Å²) in [6.07, 6.45) is 3.83. The quantitative estimate of drug-likeness (QED) is 0.915. The monoisotopic (exact) mass is 295 g/mol. The second-order valence-electron chi connectivity index (χ2n) is 4.68. The Balaban J connectivity index is 2.01. The van der Waals surface area contributed by atoms with Gasteiger partial charge in [0.1, 0.15) is 6.04 Å². The van der Waals surface area contributed by atoms with E-state index in [0.29, 0.717) is 18.0 Å². The molecule has 1 N–H and O–H groups in total. The van der Waals surface area contributed by atoms with Crippen molar-refractivity contribution >= 4 is 17.5 Å². The number of carbonyl (C=O) groups is 1. The van der Waals surface area contributed by atoms with Crippen molar-refractivity contribution in [3.8, 4) is 0 Å². The van der Waals surface area contributed by atoms with E-state index < -0.39 is 0 Å². The zero-order chi connectivity index (χ0) is 14.7. The molecule has 1 amide bonds. The number of aromatic nitrogens is 4. The van der Waals surface area contributed by atoms with E-state index in [1.165, 1.54) is 6.20 Å². The van der Waals surface area contributed by atoms with E-state index in [9.17, 15) is 4.79 Å². The first-order valence-corrected chi connectivity index (χ1v) is 6.86. The van der Waals surface area contributed by atoms with Crippen LogP contribution in [0.25, 0.3) is 0 Å². The van der Waals surface area contributed by atoms with E-state index >= 15 is 0 Å². The van der Waals surface area contributed by atoms with Gasteiger partial charge in [-0.05, 0) is 19.4 Å². The smallest absolute Gasteiger partial charge is 0.245 e. The van der Waals surface area contributed by atoms with Crippen molar-refractivity contribution < 1.29 is 4.79 Å². The highest BCUT2D eigenvalue weighted by molar-refractivity contribution is 6.30. The summed E-state index contributed by atoms with van der Waals surface area (Å²) in [5, 5.41) is 11.8. The largest absolute Gasteiger partial charge is 0.349 e. The molecule has 20 heavy (non-hydrogen) atoms. The van der Waals surface area contributed by atoms with E-state index in [4.69, 9.17) is 11.6 Å². The van der Waals surface area contributed by atoms with Gasteiger partial charge in [0.05, 0.1) is 29.2 Å². The SMILES string of the molecule is CCC(C(=O)NCc1cc(C)nn1C)n1cc(Cl)cn1. The van der Waals surface area contributed by atoms with Gasteiger partial charge in [-0.1, -0.05) is 18.5 Å². The molecule has 0 aromatic carbocycles. The fourth-order valence-corrected chi connectivity index (χ4v) is 2.25. The van der Waals surface area contributed by atoms with E-state index in [-0.39, 0.29) is 11.9 Å². The molecule has 2 aromatic rings. The maximum Gasteiger partial charge on any atom is 0.245 e. The van der Waals surface area contributed by atoms with Gasteiger partial charge in [0.25, 0.3) is 0 Å². The molecule has 1 atom stereocenters. The second kappa shape index (κ2) is 6.09. The van der Waals surface area contributed by atoms with Crippen LogP contribution in [0, 0.1) is 6.92 Å². The number of nitrogens with zero attached hydrogens (tertiary/aromatic N) is 4. The van der Waals surface area contributed by atoms with Gasteiger partial charge in [-0.15, -0.1) is 0 Å². The Kier molecular flexibility index (Phi) is 4.44. The van der Waals surface area contributed by atoms with Gasteiger partial charge in [-0.3, -0.25) is 14.2 Å². The molecule has 0 fully saturated rings. The second-order valence-corrected chi connectivity index (χ2v) is 5.12. The third-order valence-electron chi connectivity index (χ3n) is 3.12.